The standard InChI is InChI=1S/C12H14Cl2N2O2/c13-8-5-10(15)11(6-9(8)14)18-4-3-12(17)16-7-1-2-7/h5-7H,1-4,15H2,(H,16,17). The molecular formula is C12H14Cl2N2O2. The molecule has 1 amide bonds. The van der Waals surface area contributed by atoms with Gasteiger partial charge in [-0.1, -0.05) is 23.2 Å². The van der Waals surface area contributed by atoms with E-state index < -0.39 is 0 Å². The summed E-state index contributed by atoms with van der Waals surface area (Å²) in [5.41, 5.74) is 6.14. The summed E-state index contributed by atoms with van der Waals surface area (Å²) in [5.74, 6) is 0.444. The molecule has 0 saturated heterocycles. The van der Waals surface area contributed by atoms with Crippen LogP contribution in [0.2, 0.25) is 10.0 Å². The Bertz CT molecular complexity index is 462. The number of hydrogen-bond acceptors (Lipinski definition) is 3. The Balaban J connectivity index is 1.82. The fraction of sp³-hybridized carbons (Fsp3) is 0.417. The van der Waals surface area contributed by atoms with E-state index in [0.29, 0.717) is 33.9 Å². The van der Waals surface area contributed by atoms with Crippen molar-refractivity contribution in [2.75, 3.05) is 12.3 Å². The van der Waals surface area contributed by atoms with E-state index in [0.717, 1.165) is 12.8 Å². The Hall–Kier alpha value is -1.13. The Morgan fingerprint density at radius 3 is 2.72 bits per heavy atom. The minimum Gasteiger partial charge on any atom is -0.491 e. The van der Waals surface area contributed by atoms with Crippen LogP contribution in [0.4, 0.5) is 5.69 Å². The smallest absolute Gasteiger partial charge is 0.223 e. The van der Waals surface area contributed by atoms with Gasteiger partial charge in [0.05, 0.1) is 28.8 Å². The maximum Gasteiger partial charge on any atom is 0.223 e. The van der Waals surface area contributed by atoms with E-state index in [2.05, 4.69) is 5.32 Å². The molecule has 18 heavy (non-hydrogen) atoms. The molecule has 6 heteroatoms. The predicted octanol–water partition coefficient (Wildman–Crippen LogP) is 2.62. The lowest BCUT2D eigenvalue weighted by atomic mass is 10.3. The number of rotatable bonds is 5. The third-order valence-electron chi connectivity index (χ3n) is 2.58. The molecular weight excluding hydrogens is 275 g/mol. The quantitative estimate of drug-likeness (QED) is 0.819. The molecule has 0 aromatic heterocycles. The van der Waals surface area contributed by atoms with Gasteiger partial charge in [-0.2, -0.15) is 0 Å². The number of halogens is 2. The highest BCUT2D eigenvalue weighted by molar-refractivity contribution is 6.42. The first-order chi connectivity index (χ1) is 8.56. The molecule has 1 saturated carbocycles. The van der Waals surface area contributed by atoms with Crippen LogP contribution >= 0.6 is 23.2 Å². The van der Waals surface area contributed by atoms with Gasteiger partial charge in [0.15, 0.2) is 0 Å². The average Bonchev–Trinajstić information content (AvgIpc) is 3.09. The molecule has 0 bridgehead atoms. The van der Waals surface area contributed by atoms with Crippen molar-refractivity contribution in [3.05, 3.63) is 22.2 Å². The Labute approximate surface area is 115 Å². The maximum absolute atomic E-state index is 11.4. The zero-order valence-electron chi connectivity index (χ0n) is 9.71. The first-order valence-electron chi connectivity index (χ1n) is 5.73. The van der Waals surface area contributed by atoms with Gasteiger partial charge < -0.3 is 15.8 Å². The van der Waals surface area contributed by atoms with Crippen LogP contribution in [-0.2, 0) is 4.79 Å². The third-order valence-corrected chi connectivity index (χ3v) is 3.30. The highest BCUT2D eigenvalue weighted by Gasteiger charge is 2.22. The molecule has 2 rings (SSSR count). The monoisotopic (exact) mass is 288 g/mol. The molecule has 1 fully saturated rings. The van der Waals surface area contributed by atoms with Crippen molar-refractivity contribution in [1.82, 2.24) is 5.32 Å². The summed E-state index contributed by atoms with van der Waals surface area (Å²) in [5, 5.41) is 3.64. The van der Waals surface area contributed by atoms with E-state index in [9.17, 15) is 4.79 Å². The van der Waals surface area contributed by atoms with E-state index in [1.54, 1.807) is 6.07 Å². The predicted molar refractivity (Wildman–Crippen MR) is 72.2 cm³/mol. The van der Waals surface area contributed by atoms with Crippen molar-refractivity contribution >= 4 is 34.8 Å². The van der Waals surface area contributed by atoms with Crippen molar-refractivity contribution in [2.45, 2.75) is 25.3 Å². The lowest BCUT2D eigenvalue weighted by Gasteiger charge is -2.10. The van der Waals surface area contributed by atoms with Gasteiger partial charge in [0.25, 0.3) is 0 Å². The minimum atomic E-state index is -0.00358. The first-order valence-corrected chi connectivity index (χ1v) is 6.48. The minimum absolute atomic E-state index is 0.00358. The second-order valence-electron chi connectivity index (χ2n) is 4.24. The van der Waals surface area contributed by atoms with E-state index >= 15 is 0 Å². The number of anilines is 1. The molecule has 3 N–H and O–H groups in total. The molecule has 4 nitrogen and oxygen atoms in total. The van der Waals surface area contributed by atoms with Crippen LogP contribution in [-0.4, -0.2) is 18.6 Å². The molecule has 1 aromatic carbocycles. The fourth-order valence-corrected chi connectivity index (χ4v) is 1.78. The largest absolute Gasteiger partial charge is 0.491 e. The molecule has 98 valence electrons. The van der Waals surface area contributed by atoms with Gasteiger partial charge in [-0.25, -0.2) is 0 Å². The molecule has 1 aliphatic rings. The highest BCUT2D eigenvalue weighted by atomic mass is 35.5. The number of nitrogens with one attached hydrogen (secondary N) is 1. The maximum atomic E-state index is 11.4. The number of amides is 1. The highest BCUT2D eigenvalue weighted by Crippen LogP contribution is 2.32. The van der Waals surface area contributed by atoms with Gasteiger partial charge in [-0.15, -0.1) is 0 Å². The summed E-state index contributed by atoms with van der Waals surface area (Å²) in [6.45, 7) is 0.265. The van der Waals surface area contributed by atoms with Gasteiger partial charge in [0, 0.05) is 12.1 Å². The van der Waals surface area contributed by atoms with Crippen molar-refractivity contribution < 1.29 is 9.53 Å². The van der Waals surface area contributed by atoms with Crippen LogP contribution in [0.15, 0.2) is 12.1 Å². The molecule has 0 unspecified atom stereocenters. The number of nitrogen functional groups attached to an aromatic ring is 1. The van der Waals surface area contributed by atoms with Crippen LogP contribution in [0.5, 0.6) is 5.75 Å². The molecule has 1 aromatic rings. The van der Waals surface area contributed by atoms with Crippen LogP contribution in [0, 0.1) is 0 Å². The molecule has 0 heterocycles. The zero-order valence-corrected chi connectivity index (χ0v) is 11.2. The lowest BCUT2D eigenvalue weighted by Crippen LogP contribution is -2.26. The summed E-state index contributed by atoms with van der Waals surface area (Å²) < 4.78 is 5.42. The zero-order chi connectivity index (χ0) is 13.1. The molecule has 0 atom stereocenters. The van der Waals surface area contributed by atoms with Crippen molar-refractivity contribution in [2.24, 2.45) is 0 Å². The molecule has 0 spiro atoms. The molecule has 1 aliphatic carbocycles. The van der Waals surface area contributed by atoms with Gasteiger partial charge in [-0.05, 0) is 18.9 Å². The van der Waals surface area contributed by atoms with Gasteiger partial charge in [0.1, 0.15) is 5.75 Å². The second kappa shape index (κ2) is 5.67. The van der Waals surface area contributed by atoms with Crippen LogP contribution < -0.4 is 15.8 Å². The SMILES string of the molecule is Nc1cc(Cl)c(Cl)cc1OCCC(=O)NC1CC1. The van der Waals surface area contributed by atoms with E-state index in [1.165, 1.54) is 6.07 Å². The first kappa shape index (κ1) is 13.3. The van der Waals surface area contributed by atoms with Gasteiger partial charge in [0.2, 0.25) is 5.91 Å². The molecule has 0 radical (unpaired) electrons. The summed E-state index contributed by atoms with van der Waals surface area (Å²) in [4.78, 5) is 11.4. The van der Waals surface area contributed by atoms with Crippen LogP contribution in [0.3, 0.4) is 0 Å². The van der Waals surface area contributed by atoms with E-state index in [-0.39, 0.29) is 12.5 Å². The third kappa shape index (κ3) is 3.68. The van der Waals surface area contributed by atoms with Crippen molar-refractivity contribution in [3.63, 3.8) is 0 Å². The Kier molecular flexibility index (Phi) is 4.19. The number of hydrogen-bond donors (Lipinski definition) is 2. The summed E-state index contributed by atoms with van der Waals surface area (Å²) in [6.07, 6.45) is 2.45. The second-order valence-corrected chi connectivity index (χ2v) is 5.06. The number of benzene rings is 1. The van der Waals surface area contributed by atoms with Gasteiger partial charge in [-0.3, -0.25) is 4.79 Å². The Morgan fingerprint density at radius 2 is 2.06 bits per heavy atom. The lowest BCUT2D eigenvalue weighted by molar-refractivity contribution is -0.121. The average molecular weight is 289 g/mol. The number of ether oxygens (including phenoxy) is 1. The summed E-state index contributed by atoms with van der Waals surface area (Å²) >= 11 is 11.7. The fourth-order valence-electron chi connectivity index (χ4n) is 1.45. The Morgan fingerprint density at radius 1 is 1.39 bits per heavy atom. The number of carbonyl (C=O) groups excluding carboxylic acids is 1. The molecule has 0 aliphatic heterocycles. The van der Waals surface area contributed by atoms with E-state index in [1.807, 2.05) is 0 Å². The summed E-state index contributed by atoms with van der Waals surface area (Å²) in [7, 11) is 0. The summed E-state index contributed by atoms with van der Waals surface area (Å²) in [6, 6.07) is 3.45. The van der Waals surface area contributed by atoms with Gasteiger partial charge >= 0.3 is 0 Å². The number of carbonyl (C=O) groups is 1. The van der Waals surface area contributed by atoms with Crippen LogP contribution in [0.25, 0.3) is 0 Å². The topological polar surface area (TPSA) is 64.3 Å². The van der Waals surface area contributed by atoms with Crippen molar-refractivity contribution in [1.29, 1.82) is 0 Å². The normalized spacial score (nSPS) is 14.3. The van der Waals surface area contributed by atoms with E-state index in [4.69, 9.17) is 33.7 Å². The van der Waals surface area contributed by atoms with Crippen LogP contribution in [0.1, 0.15) is 19.3 Å². The number of nitrogens with two attached hydrogens (primary N) is 1. The van der Waals surface area contributed by atoms with Crippen molar-refractivity contribution in [3.8, 4) is 5.75 Å².